The van der Waals surface area contributed by atoms with Gasteiger partial charge in [-0.15, -0.1) is 0 Å². The Labute approximate surface area is 191 Å². The van der Waals surface area contributed by atoms with Crippen molar-refractivity contribution in [1.82, 2.24) is 19.7 Å². The minimum atomic E-state index is -0.355. The van der Waals surface area contributed by atoms with Gasteiger partial charge in [-0.25, -0.2) is 9.07 Å². The van der Waals surface area contributed by atoms with E-state index < -0.39 is 0 Å². The Balaban J connectivity index is 1.54. The summed E-state index contributed by atoms with van der Waals surface area (Å²) >= 11 is 0. The van der Waals surface area contributed by atoms with Gasteiger partial charge in [0.15, 0.2) is 0 Å². The zero-order valence-electron chi connectivity index (χ0n) is 18.6. The molecule has 6 nitrogen and oxygen atoms in total. The van der Waals surface area contributed by atoms with E-state index in [9.17, 15) is 14.0 Å². The van der Waals surface area contributed by atoms with Gasteiger partial charge in [-0.05, 0) is 30.9 Å². The first-order valence-corrected chi connectivity index (χ1v) is 11.5. The highest BCUT2D eigenvalue weighted by molar-refractivity contribution is 6.07. The summed E-state index contributed by atoms with van der Waals surface area (Å²) in [4.78, 5) is 26.2. The molecule has 0 unspecified atom stereocenters. The minimum Gasteiger partial charge on any atom is -0.351 e. The van der Waals surface area contributed by atoms with Crippen LogP contribution >= 0.6 is 0 Å². The highest BCUT2D eigenvalue weighted by Gasteiger charge is 2.24. The van der Waals surface area contributed by atoms with Crippen LogP contribution in [0.5, 0.6) is 0 Å². The molecule has 0 bridgehead atoms. The van der Waals surface area contributed by atoms with Crippen LogP contribution in [-0.2, 0) is 17.9 Å². The van der Waals surface area contributed by atoms with Gasteiger partial charge in [-0.1, -0.05) is 56.2 Å². The van der Waals surface area contributed by atoms with E-state index in [1.165, 1.54) is 17.2 Å². The van der Waals surface area contributed by atoms with Gasteiger partial charge in [0.1, 0.15) is 17.9 Å². The number of aromatic nitrogens is 3. The SMILES string of the molecule is C[C@@H]1CCCC[C@H]1NC(=O)Cn1ncc2c3ccccc3n(Cc3ccccc3F)c2c1=O. The van der Waals surface area contributed by atoms with Crippen molar-refractivity contribution in [3.63, 3.8) is 0 Å². The number of hydrogen-bond donors (Lipinski definition) is 1. The van der Waals surface area contributed by atoms with Gasteiger partial charge in [-0.3, -0.25) is 9.59 Å². The average Bonchev–Trinajstić information content (AvgIpc) is 3.13. The highest BCUT2D eigenvalue weighted by Crippen LogP contribution is 2.28. The number of amides is 1. The lowest BCUT2D eigenvalue weighted by atomic mass is 9.86. The Morgan fingerprint density at radius 2 is 1.85 bits per heavy atom. The van der Waals surface area contributed by atoms with Gasteiger partial charge in [0.2, 0.25) is 5.91 Å². The van der Waals surface area contributed by atoms with Gasteiger partial charge >= 0.3 is 0 Å². The molecule has 0 radical (unpaired) electrons. The Morgan fingerprint density at radius 3 is 2.67 bits per heavy atom. The van der Waals surface area contributed by atoms with Gasteiger partial charge < -0.3 is 9.88 Å². The summed E-state index contributed by atoms with van der Waals surface area (Å²) in [6.07, 6.45) is 6.00. The normalized spacial score (nSPS) is 18.6. The van der Waals surface area contributed by atoms with E-state index >= 15 is 0 Å². The molecule has 0 spiro atoms. The second-order valence-electron chi connectivity index (χ2n) is 9.00. The number of nitrogens with one attached hydrogen (secondary N) is 1. The predicted molar refractivity (Wildman–Crippen MR) is 127 cm³/mol. The Hall–Kier alpha value is -3.48. The third kappa shape index (κ3) is 4.03. The molecular formula is C26H27FN4O2. The van der Waals surface area contributed by atoms with E-state index in [0.29, 0.717) is 22.4 Å². The molecule has 2 aromatic heterocycles. The first-order chi connectivity index (χ1) is 16.0. The third-order valence-electron chi connectivity index (χ3n) is 6.81. The molecule has 2 atom stereocenters. The molecule has 1 fully saturated rings. The zero-order valence-corrected chi connectivity index (χ0v) is 18.6. The first kappa shape index (κ1) is 21.4. The van der Waals surface area contributed by atoms with Crippen LogP contribution in [0.25, 0.3) is 21.8 Å². The molecule has 1 amide bonds. The van der Waals surface area contributed by atoms with E-state index in [0.717, 1.165) is 30.2 Å². The van der Waals surface area contributed by atoms with Crippen LogP contribution in [-0.4, -0.2) is 26.3 Å². The Bertz CT molecular complexity index is 1390. The fourth-order valence-corrected chi connectivity index (χ4v) is 4.99. The average molecular weight is 447 g/mol. The molecule has 5 rings (SSSR count). The Kier molecular flexibility index (Phi) is 5.70. The van der Waals surface area contributed by atoms with Crippen molar-refractivity contribution in [1.29, 1.82) is 0 Å². The van der Waals surface area contributed by atoms with Gasteiger partial charge in [0.05, 0.1) is 12.7 Å². The molecule has 1 N–H and O–H groups in total. The smallest absolute Gasteiger partial charge is 0.291 e. The van der Waals surface area contributed by atoms with Crippen molar-refractivity contribution < 1.29 is 9.18 Å². The van der Waals surface area contributed by atoms with Crippen molar-refractivity contribution in [3.05, 3.63) is 76.5 Å². The molecule has 1 saturated carbocycles. The summed E-state index contributed by atoms with van der Waals surface area (Å²) < 4.78 is 17.5. The van der Waals surface area contributed by atoms with Crippen molar-refractivity contribution in [2.24, 2.45) is 5.92 Å². The number of hydrogen-bond acceptors (Lipinski definition) is 3. The van der Waals surface area contributed by atoms with Crippen molar-refractivity contribution in [2.45, 2.75) is 51.7 Å². The lowest BCUT2D eigenvalue weighted by molar-refractivity contribution is -0.123. The fraction of sp³-hybridized carbons (Fsp3) is 0.346. The number of nitrogens with zero attached hydrogens (tertiary/aromatic N) is 3. The zero-order chi connectivity index (χ0) is 22.9. The highest BCUT2D eigenvalue weighted by atomic mass is 19.1. The van der Waals surface area contributed by atoms with Gasteiger partial charge in [0, 0.05) is 27.9 Å². The molecule has 170 valence electrons. The second-order valence-corrected chi connectivity index (χ2v) is 9.00. The first-order valence-electron chi connectivity index (χ1n) is 11.5. The van der Waals surface area contributed by atoms with Crippen LogP contribution in [0.4, 0.5) is 4.39 Å². The molecule has 0 saturated heterocycles. The quantitative estimate of drug-likeness (QED) is 0.499. The molecule has 2 heterocycles. The Morgan fingerprint density at radius 1 is 1.09 bits per heavy atom. The minimum absolute atomic E-state index is 0.137. The molecular weight excluding hydrogens is 419 g/mol. The van der Waals surface area contributed by atoms with Crippen LogP contribution in [0, 0.1) is 11.7 Å². The van der Waals surface area contributed by atoms with Crippen LogP contribution in [0.15, 0.2) is 59.5 Å². The van der Waals surface area contributed by atoms with E-state index in [-0.39, 0.29) is 36.4 Å². The monoisotopic (exact) mass is 446 g/mol. The molecule has 0 aliphatic heterocycles. The summed E-state index contributed by atoms with van der Waals surface area (Å²) in [5, 5.41) is 8.96. The number of fused-ring (bicyclic) bond motifs is 3. The lowest BCUT2D eigenvalue weighted by Gasteiger charge is -2.29. The molecule has 1 aliphatic carbocycles. The number of rotatable bonds is 5. The summed E-state index contributed by atoms with van der Waals surface area (Å²) in [5.74, 6) is -0.101. The summed E-state index contributed by atoms with van der Waals surface area (Å²) in [6, 6.07) is 14.3. The van der Waals surface area contributed by atoms with Crippen LogP contribution in [0.3, 0.4) is 0 Å². The van der Waals surface area contributed by atoms with E-state index in [1.807, 2.05) is 28.8 Å². The standard InChI is InChI=1S/C26H27FN4O2/c1-17-8-2-6-12-22(17)29-24(32)16-31-26(33)25-20(14-28-31)19-10-4-7-13-23(19)30(25)15-18-9-3-5-11-21(18)27/h3-5,7,9-11,13-14,17,22H,2,6,8,12,15-16H2,1H3,(H,29,32)/t17-,22-/m1/s1. The molecule has 7 heteroatoms. The van der Waals surface area contributed by atoms with Crippen LogP contribution in [0.1, 0.15) is 38.2 Å². The molecule has 2 aromatic carbocycles. The molecule has 33 heavy (non-hydrogen) atoms. The number of carbonyl (C=O) groups is 1. The molecule has 1 aliphatic rings. The van der Waals surface area contributed by atoms with Gasteiger partial charge in [-0.2, -0.15) is 5.10 Å². The van der Waals surface area contributed by atoms with Crippen molar-refractivity contribution in [2.75, 3.05) is 0 Å². The number of para-hydroxylation sites is 1. The fourth-order valence-electron chi connectivity index (χ4n) is 4.99. The van der Waals surface area contributed by atoms with E-state index in [2.05, 4.69) is 17.3 Å². The van der Waals surface area contributed by atoms with Crippen LogP contribution in [0.2, 0.25) is 0 Å². The van der Waals surface area contributed by atoms with Gasteiger partial charge in [0.25, 0.3) is 5.56 Å². The maximum absolute atomic E-state index is 14.4. The number of carbonyl (C=O) groups excluding carboxylic acids is 1. The summed E-state index contributed by atoms with van der Waals surface area (Å²) in [5.41, 5.74) is 1.39. The largest absolute Gasteiger partial charge is 0.351 e. The van der Waals surface area contributed by atoms with Crippen LogP contribution < -0.4 is 10.9 Å². The third-order valence-corrected chi connectivity index (χ3v) is 6.81. The summed E-state index contributed by atoms with van der Waals surface area (Å²) in [6.45, 7) is 2.22. The topological polar surface area (TPSA) is 68.9 Å². The maximum Gasteiger partial charge on any atom is 0.291 e. The lowest BCUT2D eigenvalue weighted by Crippen LogP contribution is -2.43. The predicted octanol–water partition coefficient (Wildman–Crippen LogP) is 4.23. The molecule has 4 aromatic rings. The van der Waals surface area contributed by atoms with Crippen molar-refractivity contribution in [3.8, 4) is 0 Å². The van der Waals surface area contributed by atoms with Crippen molar-refractivity contribution >= 4 is 27.7 Å². The van der Waals surface area contributed by atoms with E-state index in [1.54, 1.807) is 24.4 Å². The van der Waals surface area contributed by atoms with E-state index in [4.69, 9.17) is 0 Å². The number of halogens is 1. The summed E-state index contributed by atoms with van der Waals surface area (Å²) in [7, 11) is 0. The number of benzene rings is 2. The second kappa shape index (κ2) is 8.81. The maximum atomic E-state index is 14.4.